The lowest BCUT2D eigenvalue weighted by Gasteiger charge is -2.42. The van der Waals surface area contributed by atoms with Gasteiger partial charge in [0.2, 0.25) is 0 Å². The van der Waals surface area contributed by atoms with Gasteiger partial charge in [-0.1, -0.05) is 117 Å². The second kappa shape index (κ2) is 23.3. The maximum atomic E-state index is 16.9. The minimum Gasteiger partial charge on any atom is -0.461 e. The fraction of sp³-hybridized carbons (Fsp3) is 0.636. The van der Waals surface area contributed by atoms with Gasteiger partial charge in [-0.3, -0.25) is 0 Å². The van der Waals surface area contributed by atoms with E-state index in [0.29, 0.717) is 12.8 Å². The van der Waals surface area contributed by atoms with Gasteiger partial charge >= 0.3 is 23.9 Å². The van der Waals surface area contributed by atoms with Crippen LogP contribution in [0.15, 0.2) is 50.6 Å². The Balaban J connectivity index is 5.40. The summed E-state index contributed by atoms with van der Waals surface area (Å²) in [6, 6.07) is 0. The third-order valence-corrected chi connectivity index (χ3v) is 7.05. The molecule has 0 amide bonds. The Hall–Kier alpha value is -3.23. The molecule has 1 unspecified atom stereocenters. The standard InChI is InChI=1S/C33H51FO8/c1-6-11-12-13-14-15-16-17-18-19-20-21-22-23-24-33(34,42-31(38)10-5)32(25-39-28(35)7-2,26-40-29(36)8-3)27-41-30(37)9-4/h7-10H,2-6,11-27H2,1H3. The predicted molar refractivity (Wildman–Crippen MR) is 161 cm³/mol. The summed E-state index contributed by atoms with van der Waals surface area (Å²) >= 11 is 0. The van der Waals surface area contributed by atoms with Crippen LogP contribution in [0.4, 0.5) is 4.39 Å². The molecule has 0 aliphatic rings. The van der Waals surface area contributed by atoms with E-state index in [1.807, 2.05) is 0 Å². The molecule has 0 N–H and O–H groups in total. The second-order valence-corrected chi connectivity index (χ2v) is 10.4. The summed E-state index contributed by atoms with van der Waals surface area (Å²) < 4.78 is 37.5. The van der Waals surface area contributed by atoms with E-state index >= 15 is 4.39 Å². The summed E-state index contributed by atoms with van der Waals surface area (Å²) in [5.74, 6) is -6.68. The van der Waals surface area contributed by atoms with E-state index in [4.69, 9.17) is 18.9 Å². The molecule has 238 valence electrons. The first-order valence-electron chi connectivity index (χ1n) is 15.1. The van der Waals surface area contributed by atoms with Crippen molar-refractivity contribution in [3.8, 4) is 0 Å². The molecule has 0 radical (unpaired) electrons. The minimum atomic E-state index is -2.88. The van der Waals surface area contributed by atoms with Gasteiger partial charge in [-0.25, -0.2) is 19.2 Å². The topological polar surface area (TPSA) is 105 Å². The largest absolute Gasteiger partial charge is 0.461 e. The number of hydrogen-bond acceptors (Lipinski definition) is 8. The molecule has 8 nitrogen and oxygen atoms in total. The van der Waals surface area contributed by atoms with E-state index in [-0.39, 0.29) is 6.42 Å². The third kappa shape index (κ3) is 16.3. The summed E-state index contributed by atoms with van der Waals surface area (Å²) in [7, 11) is 0. The maximum absolute atomic E-state index is 16.9. The molecule has 1 atom stereocenters. The number of carbonyl (C=O) groups is 4. The Morgan fingerprint density at radius 2 is 0.857 bits per heavy atom. The van der Waals surface area contributed by atoms with Crippen LogP contribution in [0.25, 0.3) is 0 Å². The molecule has 0 aromatic heterocycles. The van der Waals surface area contributed by atoms with Gasteiger partial charge in [-0.15, -0.1) is 0 Å². The van der Waals surface area contributed by atoms with Crippen LogP contribution in [-0.4, -0.2) is 49.6 Å². The van der Waals surface area contributed by atoms with E-state index < -0.39 is 55.0 Å². The Kier molecular flexibility index (Phi) is 21.5. The van der Waals surface area contributed by atoms with Crippen LogP contribution in [0.1, 0.15) is 103 Å². The molecule has 0 aliphatic heterocycles. The summed E-state index contributed by atoms with van der Waals surface area (Å²) in [6.07, 6.45) is 18.3. The number of unbranched alkanes of at least 4 members (excludes halogenated alkanes) is 13. The van der Waals surface area contributed by atoms with Gasteiger partial charge in [0.25, 0.3) is 5.85 Å². The van der Waals surface area contributed by atoms with Crippen LogP contribution in [0.2, 0.25) is 0 Å². The van der Waals surface area contributed by atoms with Gasteiger partial charge in [0.1, 0.15) is 25.2 Å². The van der Waals surface area contributed by atoms with Crippen molar-refractivity contribution in [1.29, 1.82) is 0 Å². The van der Waals surface area contributed by atoms with Crippen molar-refractivity contribution in [2.45, 2.75) is 109 Å². The summed E-state index contributed by atoms with van der Waals surface area (Å²) in [6.45, 7) is 13.2. The van der Waals surface area contributed by atoms with Crippen molar-refractivity contribution in [2.24, 2.45) is 5.41 Å². The van der Waals surface area contributed by atoms with Crippen molar-refractivity contribution in [3.63, 3.8) is 0 Å². The highest BCUT2D eigenvalue weighted by Crippen LogP contribution is 2.42. The maximum Gasteiger partial charge on any atom is 0.332 e. The van der Waals surface area contributed by atoms with Gasteiger partial charge in [0.05, 0.1) is 0 Å². The second-order valence-electron chi connectivity index (χ2n) is 10.4. The summed E-state index contributed by atoms with van der Waals surface area (Å²) in [5, 5.41) is 0. The molecule has 0 rings (SSSR count). The van der Waals surface area contributed by atoms with Crippen LogP contribution < -0.4 is 0 Å². The van der Waals surface area contributed by atoms with Crippen LogP contribution in [0.3, 0.4) is 0 Å². The number of rotatable bonds is 27. The highest BCUT2D eigenvalue weighted by atomic mass is 19.2. The number of alkyl halides is 1. The summed E-state index contributed by atoms with van der Waals surface area (Å²) in [4.78, 5) is 48.0. The number of hydrogen-bond donors (Lipinski definition) is 0. The van der Waals surface area contributed by atoms with Gasteiger partial charge in [-0.2, -0.15) is 4.39 Å². The quantitative estimate of drug-likeness (QED) is 0.0419. The normalized spacial score (nSPS) is 12.3. The molecular weight excluding hydrogens is 543 g/mol. The fourth-order valence-electron chi connectivity index (χ4n) is 4.43. The lowest BCUT2D eigenvalue weighted by atomic mass is 9.79. The zero-order chi connectivity index (χ0) is 31.7. The van der Waals surface area contributed by atoms with Crippen LogP contribution in [0.5, 0.6) is 0 Å². The van der Waals surface area contributed by atoms with E-state index in [2.05, 4.69) is 33.2 Å². The molecule has 0 aliphatic carbocycles. The molecule has 0 saturated carbocycles. The van der Waals surface area contributed by atoms with Gasteiger partial charge in [0, 0.05) is 30.7 Å². The molecule has 0 aromatic rings. The highest BCUT2D eigenvalue weighted by Gasteiger charge is 2.58. The third-order valence-electron chi connectivity index (χ3n) is 7.05. The van der Waals surface area contributed by atoms with E-state index in [0.717, 1.165) is 50.0 Å². The van der Waals surface area contributed by atoms with Crippen molar-refractivity contribution in [2.75, 3.05) is 19.8 Å². The molecular formula is C33H51FO8. The lowest BCUT2D eigenvalue weighted by molar-refractivity contribution is -0.252. The van der Waals surface area contributed by atoms with Crippen molar-refractivity contribution >= 4 is 23.9 Å². The smallest absolute Gasteiger partial charge is 0.332 e. The molecule has 0 bridgehead atoms. The molecule has 9 heteroatoms. The Labute approximate surface area is 251 Å². The van der Waals surface area contributed by atoms with Crippen molar-refractivity contribution in [3.05, 3.63) is 50.6 Å². The number of carbonyl (C=O) groups excluding carboxylic acids is 4. The Bertz CT molecular complexity index is 808. The van der Waals surface area contributed by atoms with E-state index in [1.165, 1.54) is 51.4 Å². The molecule has 0 heterocycles. The molecule has 0 saturated heterocycles. The number of ether oxygens (including phenoxy) is 4. The average molecular weight is 595 g/mol. The van der Waals surface area contributed by atoms with Crippen LogP contribution >= 0.6 is 0 Å². The summed E-state index contributed by atoms with van der Waals surface area (Å²) in [5.41, 5.74) is -2.11. The van der Waals surface area contributed by atoms with Gasteiger partial charge < -0.3 is 18.9 Å². The lowest BCUT2D eigenvalue weighted by Crippen LogP contribution is -2.57. The Morgan fingerprint density at radius 3 is 1.17 bits per heavy atom. The predicted octanol–water partition coefficient (Wildman–Crippen LogP) is 7.43. The molecule has 0 fully saturated rings. The monoisotopic (exact) mass is 594 g/mol. The van der Waals surface area contributed by atoms with E-state index in [1.54, 1.807) is 0 Å². The molecule has 42 heavy (non-hydrogen) atoms. The fourth-order valence-corrected chi connectivity index (χ4v) is 4.43. The SMILES string of the molecule is C=CC(=O)OCC(COC(=O)C=C)(COC(=O)C=C)C(F)(CCCCCCCCCCCCCCCC)OC(=O)C=C. The first-order chi connectivity index (χ1) is 20.1. The zero-order valence-corrected chi connectivity index (χ0v) is 25.5. The van der Waals surface area contributed by atoms with Gasteiger partial charge in [-0.05, 0) is 6.42 Å². The van der Waals surface area contributed by atoms with E-state index in [9.17, 15) is 19.2 Å². The number of esters is 4. The first kappa shape index (κ1) is 38.8. The molecule has 0 spiro atoms. The Morgan fingerprint density at radius 1 is 0.548 bits per heavy atom. The van der Waals surface area contributed by atoms with Gasteiger partial charge in [0.15, 0.2) is 0 Å². The van der Waals surface area contributed by atoms with Crippen LogP contribution in [0, 0.1) is 5.41 Å². The van der Waals surface area contributed by atoms with Crippen molar-refractivity contribution < 1.29 is 42.5 Å². The first-order valence-corrected chi connectivity index (χ1v) is 15.1. The number of halogens is 1. The zero-order valence-electron chi connectivity index (χ0n) is 25.5. The van der Waals surface area contributed by atoms with Crippen LogP contribution in [-0.2, 0) is 38.1 Å². The minimum absolute atomic E-state index is 0.292. The van der Waals surface area contributed by atoms with Crippen molar-refractivity contribution in [1.82, 2.24) is 0 Å². The average Bonchev–Trinajstić information content (AvgIpc) is 2.99. The molecule has 0 aromatic carbocycles. The highest BCUT2D eigenvalue weighted by molar-refractivity contribution is 5.83.